The van der Waals surface area contributed by atoms with Crippen molar-refractivity contribution in [3.8, 4) is 11.5 Å². The Kier molecular flexibility index (Phi) is 6.67. The number of nitrogens with one attached hydrogen (secondary N) is 1. The highest BCUT2D eigenvalue weighted by molar-refractivity contribution is 6.39. The van der Waals surface area contributed by atoms with E-state index in [1.54, 1.807) is 44.6 Å². The van der Waals surface area contributed by atoms with E-state index in [1.165, 1.54) is 24.6 Å². The monoisotopic (exact) mass is 465 g/mol. The molecule has 0 radical (unpaired) electrons. The molecule has 0 unspecified atom stereocenters. The fourth-order valence-electron chi connectivity index (χ4n) is 3.34. The summed E-state index contributed by atoms with van der Waals surface area (Å²) in [7, 11) is 3.15. The van der Waals surface area contributed by atoms with Crippen LogP contribution in [-0.4, -0.2) is 49.0 Å². The van der Waals surface area contributed by atoms with E-state index in [2.05, 4.69) is 15.3 Å². The normalized spacial score (nSPS) is 13.2. The molecule has 33 heavy (non-hydrogen) atoms. The average Bonchev–Trinajstić information content (AvgIpc) is 2.82. The maximum Gasteiger partial charge on any atom is 0.186 e. The van der Waals surface area contributed by atoms with Crippen LogP contribution in [-0.2, 0) is 14.3 Å². The van der Waals surface area contributed by atoms with E-state index in [0.29, 0.717) is 57.7 Å². The molecule has 1 N–H and O–H groups in total. The zero-order valence-corrected chi connectivity index (χ0v) is 18.7. The van der Waals surface area contributed by atoms with Gasteiger partial charge in [-0.25, -0.2) is 9.97 Å². The highest BCUT2D eigenvalue weighted by Gasteiger charge is 2.19. The van der Waals surface area contributed by atoms with Gasteiger partial charge in [-0.05, 0) is 42.5 Å². The van der Waals surface area contributed by atoms with Crippen molar-refractivity contribution in [3.63, 3.8) is 0 Å². The van der Waals surface area contributed by atoms with Crippen LogP contribution in [0.3, 0.4) is 0 Å². The first-order valence-corrected chi connectivity index (χ1v) is 10.4. The van der Waals surface area contributed by atoms with Gasteiger partial charge in [-0.2, -0.15) is 0 Å². The van der Waals surface area contributed by atoms with Crippen LogP contribution in [0.4, 0.5) is 11.5 Å². The summed E-state index contributed by atoms with van der Waals surface area (Å²) in [5, 5.41) is 4.30. The third-order valence-corrected chi connectivity index (χ3v) is 5.27. The summed E-state index contributed by atoms with van der Waals surface area (Å²) >= 11 is 6.33. The first kappa shape index (κ1) is 22.4. The number of carbonyl (C=O) groups is 2. The second kappa shape index (κ2) is 9.81. The molecule has 3 aromatic rings. The lowest BCUT2D eigenvalue weighted by Crippen LogP contribution is -2.07. The molecule has 0 atom stereocenters. The van der Waals surface area contributed by atoms with E-state index in [1.807, 2.05) is 0 Å². The van der Waals surface area contributed by atoms with Gasteiger partial charge in [-0.3, -0.25) is 9.59 Å². The number of anilines is 2. The van der Waals surface area contributed by atoms with Crippen LogP contribution in [0, 0.1) is 0 Å². The number of methoxy groups -OCH3 is 2. The van der Waals surface area contributed by atoms with E-state index >= 15 is 0 Å². The van der Waals surface area contributed by atoms with E-state index in [9.17, 15) is 9.59 Å². The fourth-order valence-corrected chi connectivity index (χ4v) is 3.56. The topological polar surface area (TPSA) is 99.6 Å². The van der Waals surface area contributed by atoms with Crippen molar-refractivity contribution in [2.75, 3.05) is 32.8 Å². The average molecular weight is 466 g/mol. The molecule has 1 heterocycles. The van der Waals surface area contributed by atoms with E-state index in [4.69, 9.17) is 25.8 Å². The molecule has 0 bridgehead atoms. The lowest BCUT2D eigenvalue weighted by molar-refractivity contribution is -0.113. The van der Waals surface area contributed by atoms with Crippen molar-refractivity contribution in [1.82, 2.24) is 9.97 Å². The Hall–Kier alpha value is -3.75. The van der Waals surface area contributed by atoms with E-state index in [0.717, 1.165) is 0 Å². The Balaban J connectivity index is 1.69. The minimum Gasteiger partial charge on any atom is -0.493 e. The third-order valence-electron chi connectivity index (χ3n) is 4.94. The predicted octanol–water partition coefficient (Wildman–Crippen LogP) is 4.15. The second-order valence-corrected chi connectivity index (χ2v) is 7.47. The van der Waals surface area contributed by atoms with Crippen molar-refractivity contribution in [2.45, 2.75) is 0 Å². The molecule has 1 aromatic heterocycles. The highest BCUT2D eigenvalue weighted by atomic mass is 35.5. The van der Waals surface area contributed by atoms with Crippen molar-refractivity contribution in [3.05, 3.63) is 65.5 Å². The minimum atomic E-state index is -0.285. The molecule has 0 saturated heterocycles. The Bertz CT molecular complexity index is 1300. The van der Waals surface area contributed by atoms with Gasteiger partial charge in [0.1, 0.15) is 18.8 Å². The standard InChI is InChI=1S/C24H20ClN3O5/c1-31-7-8-33-23-12-20-18(11-22(23)32-2)24(27-13-26-20)28-14-3-5-19(25)16(9-14)17-10-15(29)4-6-21(17)30/h3-6,9-13H,7-8H2,1-2H3,(H,26,27,28). The molecule has 0 spiro atoms. The van der Waals surface area contributed by atoms with E-state index in [-0.39, 0.29) is 17.1 Å². The van der Waals surface area contributed by atoms with Gasteiger partial charge in [-0.1, -0.05) is 11.6 Å². The largest absolute Gasteiger partial charge is 0.493 e. The molecule has 0 amide bonds. The van der Waals surface area contributed by atoms with Crippen molar-refractivity contribution < 1.29 is 23.8 Å². The van der Waals surface area contributed by atoms with Crippen molar-refractivity contribution >= 4 is 51.1 Å². The van der Waals surface area contributed by atoms with Gasteiger partial charge >= 0.3 is 0 Å². The number of carbonyl (C=O) groups excluding carboxylic acids is 2. The number of halogens is 1. The summed E-state index contributed by atoms with van der Waals surface area (Å²) in [6, 6.07) is 8.67. The zero-order chi connectivity index (χ0) is 23.4. The number of ketones is 2. The Morgan fingerprint density at radius 2 is 1.85 bits per heavy atom. The number of hydrogen-bond acceptors (Lipinski definition) is 8. The van der Waals surface area contributed by atoms with Gasteiger partial charge < -0.3 is 19.5 Å². The highest BCUT2D eigenvalue weighted by Crippen LogP contribution is 2.36. The van der Waals surface area contributed by atoms with Gasteiger partial charge in [0.25, 0.3) is 0 Å². The number of rotatable bonds is 8. The molecule has 9 heteroatoms. The molecular formula is C24H20ClN3O5. The van der Waals surface area contributed by atoms with E-state index < -0.39 is 0 Å². The van der Waals surface area contributed by atoms with Crippen LogP contribution in [0.2, 0.25) is 5.02 Å². The SMILES string of the molecule is COCCOc1cc2ncnc(Nc3ccc(Cl)c(C4=CC(=O)C=CC4=O)c3)c2cc1OC. The predicted molar refractivity (Wildman–Crippen MR) is 125 cm³/mol. The Labute approximate surface area is 194 Å². The van der Waals surface area contributed by atoms with Crippen LogP contribution < -0.4 is 14.8 Å². The van der Waals surface area contributed by atoms with Gasteiger partial charge in [0.15, 0.2) is 23.1 Å². The molecular weight excluding hydrogens is 446 g/mol. The van der Waals surface area contributed by atoms with Gasteiger partial charge in [0.05, 0.1) is 19.2 Å². The number of nitrogens with zero attached hydrogens (tertiary/aromatic N) is 2. The Morgan fingerprint density at radius 3 is 2.64 bits per heavy atom. The molecule has 2 aromatic carbocycles. The summed E-state index contributed by atoms with van der Waals surface area (Å²) in [6.07, 6.45) is 5.19. The Morgan fingerprint density at radius 1 is 1.00 bits per heavy atom. The molecule has 1 aliphatic rings. The number of aromatic nitrogens is 2. The quantitative estimate of drug-likeness (QED) is 0.391. The maximum atomic E-state index is 12.3. The first-order chi connectivity index (χ1) is 16.0. The number of allylic oxidation sites excluding steroid dienone is 4. The molecule has 4 rings (SSSR count). The second-order valence-electron chi connectivity index (χ2n) is 7.06. The lowest BCUT2D eigenvalue weighted by Gasteiger charge is -2.15. The lowest BCUT2D eigenvalue weighted by atomic mass is 9.96. The molecule has 0 saturated carbocycles. The summed E-state index contributed by atoms with van der Waals surface area (Å²) in [4.78, 5) is 32.8. The summed E-state index contributed by atoms with van der Waals surface area (Å²) in [5.74, 6) is 1.04. The van der Waals surface area contributed by atoms with Crippen LogP contribution in [0.15, 0.2) is 54.9 Å². The molecule has 1 aliphatic carbocycles. The molecule has 0 fully saturated rings. The number of benzene rings is 2. The van der Waals surface area contributed by atoms with Crippen LogP contribution in [0.1, 0.15) is 5.56 Å². The summed E-state index contributed by atoms with van der Waals surface area (Å²) in [6.45, 7) is 0.811. The number of ether oxygens (including phenoxy) is 3. The fraction of sp³-hybridized carbons (Fsp3) is 0.167. The first-order valence-electron chi connectivity index (χ1n) is 9.99. The van der Waals surface area contributed by atoms with Crippen LogP contribution in [0.5, 0.6) is 11.5 Å². The van der Waals surface area contributed by atoms with Gasteiger partial charge in [0.2, 0.25) is 0 Å². The molecule has 168 valence electrons. The number of fused-ring (bicyclic) bond motifs is 1. The van der Waals surface area contributed by atoms with Crippen LogP contribution >= 0.6 is 11.6 Å². The van der Waals surface area contributed by atoms with Crippen molar-refractivity contribution in [1.29, 1.82) is 0 Å². The van der Waals surface area contributed by atoms with Gasteiger partial charge in [-0.15, -0.1) is 0 Å². The third kappa shape index (κ3) is 4.87. The maximum absolute atomic E-state index is 12.3. The number of hydrogen-bond donors (Lipinski definition) is 1. The van der Waals surface area contributed by atoms with Crippen LogP contribution in [0.25, 0.3) is 16.5 Å². The summed E-state index contributed by atoms with van der Waals surface area (Å²) in [5.41, 5.74) is 1.97. The van der Waals surface area contributed by atoms with Crippen molar-refractivity contribution in [2.24, 2.45) is 0 Å². The molecule has 8 nitrogen and oxygen atoms in total. The molecule has 0 aliphatic heterocycles. The summed E-state index contributed by atoms with van der Waals surface area (Å²) < 4.78 is 16.2. The zero-order valence-electron chi connectivity index (χ0n) is 17.9. The smallest absolute Gasteiger partial charge is 0.186 e. The minimum absolute atomic E-state index is 0.239. The van der Waals surface area contributed by atoms with Gasteiger partial charge in [0, 0.05) is 40.4 Å².